The molecular formula is C18H22N4O3S. The van der Waals surface area contributed by atoms with Gasteiger partial charge in [-0.2, -0.15) is 0 Å². The summed E-state index contributed by atoms with van der Waals surface area (Å²) in [5.74, 6) is -0.517. The zero-order valence-electron chi connectivity index (χ0n) is 14.7. The van der Waals surface area contributed by atoms with Gasteiger partial charge in [-0.05, 0) is 30.4 Å². The first-order valence-electron chi connectivity index (χ1n) is 8.56. The molecule has 0 unspecified atom stereocenters. The summed E-state index contributed by atoms with van der Waals surface area (Å²) >= 11 is 0.915. The molecule has 26 heavy (non-hydrogen) atoms. The van der Waals surface area contributed by atoms with Gasteiger partial charge in [0.1, 0.15) is 0 Å². The third-order valence-electron chi connectivity index (χ3n) is 4.32. The molecule has 0 aliphatic carbocycles. The molecule has 0 spiro atoms. The molecule has 0 bridgehead atoms. The van der Waals surface area contributed by atoms with Crippen molar-refractivity contribution in [3.05, 3.63) is 40.8 Å². The van der Waals surface area contributed by atoms with Crippen LogP contribution >= 0.6 is 11.8 Å². The smallest absolute Gasteiger partial charge is 0.293 e. The van der Waals surface area contributed by atoms with Gasteiger partial charge in [0.2, 0.25) is 5.91 Å². The van der Waals surface area contributed by atoms with Crippen LogP contribution in [0.2, 0.25) is 0 Å². The number of hydrogen-bond acceptors (Lipinski definition) is 6. The quantitative estimate of drug-likeness (QED) is 0.786. The Hall–Kier alpha value is -2.16. The fourth-order valence-corrected chi connectivity index (χ4v) is 3.62. The van der Waals surface area contributed by atoms with E-state index in [-0.39, 0.29) is 30.0 Å². The van der Waals surface area contributed by atoms with Crippen LogP contribution in [0.5, 0.6) is 0 Å². The number of thioether (sulfide) groups is 1. The van der Waals surface area contributed by atoms with E-state index in [1.54, 1.807) is 6.08 Å². The number of carbonyl (C=O) groups is 3. The number of carbonyl (C=O) groups excluding carboxylic acids is 3. The topological polar surface area (TPSA) is 73.0 Å². The van der Waals surface area contributed by atoms with Gasteiger partial charge in [0.25, 0.3) is 11.1 Å². The first-order chi connectivity index (χ1) is 12.5. The van der Waals surface area contributed by atoms with Gasteiger partial charge >= 0.3 is 0 Å². The molecule has 1 aromatic carbocycles. The molecular weight excluding hydrogens is 352 g/mol. The van der Waals surface area contributed by atoms with E-state index in [0.717, 1.165) is 48.4 Å². The summed E-state index contributed by atoms with van der Waals surface area (Å²) in [7, 11) is 2.04. The number of benzene rings is 1. The molecule has 0 aromatic heterocycles. The number of nitrogens with one attached hydrogen (secondary N) is 1. The number of hydrogen-bond donors (Lipinski definition) is 1. The van der Waals surface area contributed by atoms with E-state index < -0.39 is 0 Å². The largest absolute Gasteiger partial charge is 0.304 e. The van der Waals surface area contributed by atoms with Crippen molar-refractivity contribution < 1.29 is 14.4 Å². The molecule has 0 saturated carbocycles. The molecule has 1 N–H and O–H groups in total. The first kappa shape index (κ1) is 18.6. The van der Waals surface area contributed by atoms with Gasteiger partial charge < -0.3 is 4.90 Å². The SMILES string of the molecule is CN1CCN(NC(=O)CCN2C(=O)SC(=Cc3ccccc3)C2=O)CC1. The molecule has 7 nitrogen and oxygen atoms in total. The fourth-order valence-electron chi connectivity index (χ4n) is 2.76. The van der Waals surface area contributed by atoms with Gasteiger partial charge in [-0.15, -0.1) is 0 Å². The summed E-state index contributed by atoms with van der Waals surface area (Å²) in [6.07, 6.45) is 1.80. The van der Waals surface area contributed by atoms with E-state index in [2.05, 4.69) is 10.3 Å². The van der Waals surface area contributed by atoms with Crippen LogP contribution in [-0.4, -0.2) is 71.6 Å². The van der Waals surface area contributed by atoms with Crippen molar-refractivity contribution in [1.29, 1.82) is 0 Å². The van der Waals surface area contributed by atoms with Gasteiger partial charge in [0.05, 0.1) is 4.91 Å². The fraction of sp³-hybridized carbons (Fsp3) is 0.389. The van der Waals surface area contributed by atoms with E-state index >= 15 is 0 Å². The van der Waals surface area contributed by atoms with Crippen molar-refractivity contribution in [2.45, 2.75) is 6.42 Å². The van der Waals surface area contributed by atoms with Gasteiger partial charge in [-0.25, -0.2) is 5.01 Å². The number of nitrogens with zero attached hydrogens (tertiary/aromatic N) is 3. The van der Waals surface area contributed by atoms with Gasteiger partial charge in [-0.1, -0.05) is 30.3 Å². The molecule has 3 amide bonds. The highest BCUT2D eigenvalue weighted by molar-refractivity contribution is 8.18. The lowest BCUT2D eigenvalue weighted by atomic mass is 10.2. The minimum absolute atomic E-state index is 0.0936. The molecule has 2 aliphatic rings. The van der Waals surface area contributed by atoms with Gasteiger partial charge in [0.15, 0.2) is 0 Å². The van der Waals surface area contributed by atoms with Crippen molar-refractivity contribution in [2.75, 3.05) is 39.8 Å². The van der Waals surface area contributed by atoms with Crippen LogP contribution in [0.4, 0.5) is 4.79 Å². The summed E-state index contributed by atoms with van der Waals surface area (Å²) < 4.78 is 0. The standard InChI is InChI=1S/C18H22N4O3S/c1-20-9-11-21(12-10-20)19-16(23)7-8-22-17(24)15(26-18(22)25)13-14-5-3-2-4-6-14/h2-6,13H,7-12H2,1H3,(H,19,23). The highest BCUT2D eigenvalue weighted by atomic mass is 32.2. The van der Waals surface area contributed by atoms with Gasteiger partial charge in [-0.3, -0.25) is 24.7 Å². The van der Waals surface area contributed by atoms with Crippen LogP contribution in [0.15, 0.2) is 35.2 Å². The van der Waals surface area contributed by atoms with Crippen LogP contribution < -0.4 is 5.43 Å². The Balaban J connectivity index is 1.52. The molecule has 2 aliphatic heterocycles. The lowest BCUT2D eigenvalue weighted by Gasteiger charge is -2.32. The number of rotatable bonds is 5. The lowest BCUT2D eigenvalue weighted by molar-refractivity contribution is -0.127. The van der Waals surface area contributed by atoms with Crippen LogP contribution in [0.1, 0.15) is 12.0 Å². The summed E-state index contributed by atoms with van der Waals surface area (Å²) in [6, 6.07) is 9.38. The zero-order valence-corrected chi connectivity index (χ0v) is 15.5. The summed E-state index contributed by atoms with van der Waals surface area (Å²) in [5.41, 5.74) is 3.71. The monoisotopic (exact) mass is 374 g/mol. The number of likely N-dealkylation sites (N-methyl/N-ethyl adjacent to an activating group) is 1. The van der Waals surface area contributed by atoms with Crippen LogP contribution in [0.25, 0.3) is 6.08 Å². The Morgan fingerprint density at radius 2 is 1.85 bits per heavy atom. The second-order valence-corrected chi connectivity index (χ2v) is 7.31. The van der Waals surface area contributed by atoms with Crippen LogP contribution in [0.3, 0.4) is 0 Å². The Morgan fingerprint density at radius 3 is 2.54 bits per heavy atom. The Bertz CT molecular complexity index is 714. The third kappa shape index (κ3) is 4.72. The average molecular weight is 374 g/mol. The van der Waals surface area contributed by atoms with Crippen molar-refractivity contribution in [1.82, 2.24) is 20.2 Å². The van der Waals surface area contributed by atoms with E-state index in [9.17, 15) is 14.4 Å². The molecule has 2 fully saturated rings. The highest BCUT2D eigenvalue weighted by Gasteiger charge is 2.35. The summed E-state index contributed by atoms with van der Waals surface area (Å²) in [5, 5.41) is 1.55. The van der Waals surface area contributed by atoms with Gasteiger partial charge in [0, 0.05) is 39.1 Å². The Kier molecular flexibility index (Phi) is 6.08. The predicted molar refractivity (Wildman–Crippen MR) is 101 cm³/mol. The molecule has 1 aromatic rings. The molecule has 0 atom stereocenters. The molecule has 8 heteroatoms. The van der Waals surface area contributed by atoms with Crippen LogP contribution in [-0.2, 0) is 9.59 Å². The lowest BCUT2D eigenvalue weighted by Crippen LogP contribution is -2.52. The highest BCUT2D eigenvalue weighted by Crippen LogP contribution is 2.32. The van der Waals surface area contributed by atoms with Crippen molar-refractivity contribution in [3.8, 4) is 0 Å². The van der Waals surface area contributed by atoms with Crippen molar-refractivity contribution in [2.24, 2.45) is 0 Å². The summed E-state index contributed by atoms with van der Waals surface area (Å²) in [4.78, 5) is 40.4. The number of hydrazine groups is 1. The van der Waals surface area contributed by atoms with Crippen LogP contribution in [0, 0.1) is 0 Å². The Labute approximate surface area is 157 Å². The number of amides is 3. The summed E-state index contributed by atoms with van der Waals surface area (Å²) in [6.45, 7) is 3.42. The molecule has 2 heterocycles. The normalized spacial score (nSPS) is 20.8. The minimum Gasteiger partial charge on any atom is -0.304 e. The second kappa shape index (κ2) is 8.48. The maximum Gasteiger partial charge on any atom is 0.293 e. The number of imide groups is 1. The zero-order chi connectivity index (χ0) is 18.5. The molecule has 0 radical (unpaired) electrons. The number of piperazine rings is 1. The molecule has 3 rings (SSSR count). The first-order valence-corrected chi connectivity index (χ1v) is 9.38. The molecule has 2 saturated heterocycles. The maximum atomic E-state index is 12.4. The molecule has 138 valence electrons. The van der Waals surface area contributed by atoms with Crippen molar-refractivity contribution in [3.63, 3.8) is 0 Å². The van der Waals surface area contributed by atoms with E-state index in [4.69, 9.17) is 0 Å². The van der Waals surface area contributed by atoms with E-state index in [1.165, 1.54) is 0 Å². The average Bonchev–Trinajstić information content (AvgIpc) is 2.89. The maximum absolute atomic E-state index is 12.4. The van der Waals surface area contributed by atoms with Crippen molar-refractivity contribution >= 4 is 34.9 Å². The van der Waals surface area contributed by atoms with E-state index in [1.807, 2.05) is 42.4 Å². The Morgan fingerprint density at radius 1 is 1.15 bits per heavy atom. The van der Waals surface area contributed by atoms with E-state index in [0.29, 0.717) is 4.91 Å². The second-order valence-electron chi connectivity index (χ2n) is 6.32. The minimum atomic E-state index is -0.337. The predicted octanol–water partition coefficient (Wildman–Crippen LogP) is 1.39. The third-order valence-corrected chi connectivity index (χ3v) is 5.23.